The number of carbonyl (C=O) groups is 2. The van der Waals surface area contributed by atoms with Gasteiger partial charge in [0.15, 0.2) is 0 Å². The molecular formula is C16H27NO4. The number of carbonyl (C=O) groups excluding carboxylic acids is 1. The van der Waals surface area contributed by atoms with Crippen molar-refractivity contribution in [2.24, 2.45) is 17.8 Å². The lowest BCUT2D eigenvalue weighted by Crippen LogP contribution is -2.41. The maximum Gasteiger partial charge on any atom is 0.308 e. The van der Waals surface area contributed by atoms with Crippen molar-refractivity contribution in [3.63, 3.8) is 0 Å². The molecule has 0 aromatic rings. The quantitative estimate of drug-likeness (QED) is 0.763. The second-order valence-electron chi connectivity index (χ2n) is 6.33. The molecule has 2 fully saturated rings. The predicted octanol–water partition coefficient (Wildman–Crippen LogP) is 2.20. The number of aliphatic carboxylic acids is 1. The number of amides is 1. The van der Waals surface area contributed by atoms with Gasteiger partial charge in [0.2, 0.25) is 5.91 Å². The monoisotopic (exact) mass is 297 g/mol. The van der Waals surface area contributed by atoms with Gasteiger partial charge in [0.05, 0.1) is 5.92 Å². The normalized spacial score (nSPS) is 23.2. The van der Waals surface area contributed by atoms with Crippen LogP contribution in [-0.4, -0.2) is 36.7 Å². The number of nitrogens with one attached hydrogen (secondary N) is 1. The Hall–Kier alpha value is -1.10. The molecule has 1 aliphatic heterocycles. The zero-order valence-electron chi connectivity index (χ0n) is 12.7. The second-order valence-corrected chi connectivity index (χ2v) is 6.33. The van der Waals surface area contributed by atoms with Crippen LogP contribution in [0.1, 0.15) is 51.4 Å². The van der Waals surface area contributed by atoms with E-state index in [1.165, 1.54) is 12.8 Å². The molecule has 0 bridgehead atoms. The van der Waals surface area contributed by atoms with E-state index in [4.69, 9.17) is 4.74 Å². The van der Waals surface area contributed by atoms with Crippen LogP contribution in [-0.2, 0) is 14.3 Å². The molecule has 2 N–H and O–H groups in total. The van der Waals surface area contributed by atoms with Crippen LogP contribution in [0.25, 0.3) is 0 Å². The van der Waals surface area contributed by atoms with Crippen molar-refractivity contribution in [2.45, 2.75) is 51.4 Å². The van der Waals surface area contributed by atoms with Crippen LogP contribution < -0.4 is 5.32 Å². The van der Waals surface area contributed by atoms with Gasteiger partial charge >= 0.3 is 5.97 Å². The van der Waals surface area contributed by atoms with Crippen LogP contribution in [0.5, 0.6) is 0 Å². The summed E-state index contributed by atoms with van der Waals surface area (Å²) in [5.74, 6) is -1.04. The highest BCUT2D eigenvalue weighted by Crippen LogP contribution is 2.25. The molecule has 0 radical (unpaired) electrons. The zero-order valence-corrected chi connectivity index (χ0v) is 12.7. The molecule has 1 saturated carbocycles. The van der Waals surface area contributed by atoms with Gasteiger partial charge in [-0.2, -0.15) is 0 Å². The highest BCUT2D eigenvalue weighted by atomic mass is 16.5. The van der Waals surface area contributed by atoms with Crippen LogP contribution in [0.15, 0.2) is 0 Å². The van der Waals surface area contributed by atoms with Crippen molar-refractivity contribution in [1.29, 1.82) is 0 Å². The van der Waals surface area contributed by atoms with Crippen LogP contribution in [0.3, 0.4) is 0 Å². The van der Waals surface area contributed by atoms with Gasteiger partial charge in [-0.3, -0.25) is 9.59 Å². The van der Waals surface area contributed by atoms with Gasteiger partial charge in [-0.05, 0) is 31.6 Å². The summed E-state index contributed by atoms with van der Waals surface area (Å²) in [6, 6.07) is 0. The van der Waals surface area contributed by atoms with E-state index in [2.05, 4.69) is 5.32 Å². The summed E-state index contributed by atoms with van der Waals surface area (Å²) in [4.78, 5) is 23.7. The molecule has 1 unspecified atom stereocenters. The van der Waals surface area contributed by atoms with Crippen molar-refractivity contribution in [3.05, 3.63) is 0 Å². The SMILES string of the molecule is O=C(NCC(C(=O)O)C1CCOCC1)C1CCCCCC1. The topological polar surface area (TPSA) is 75.6 Å². The van der Waals surface area contributed by atoms with E-state index in [0.29, 0.717) is 13.2 Å². The number of hydrogen-bond donors (Lipinski definition) is 2. The third-order valence-electron chi connectivity index (χ3n) is 4.87. The Balaban J connectivity index is 1.82. The van der Waals surface area contributed by atoms with Gasteiger partial charge in [0, 0.05) is 25.7 Å². The van der Waals surface area contributed by atoms with Crippen molar-refractivity contribution in [2.75, 3.05) is 19.8 Å². The Morgan fingerprint density at radius 2 is 1.67 bits per heavy atom. The average Bonchev–Trinajstić information content (AvgIpc) is 2.77. The highest BCUT2D eigenvalue weighted by Gasteiger charge is 2.30. The van der Waals surface area contributed by atoms with E-state index < -0.39 is 11.9 Å². The van der Waals surface area contributed by atoms with E-state index >= 15 is 0 Å². The summed E-state index contributed by atoms with van der Waals surface area (Å²) >= 11 is 0. The van der Waals surface area contributed by atoms with Gasteiger partial charge in [0.1, 0.15) is 0 Å². The van der Waals surface area contributed by atoms with Gasteiger partial charge in [-0.1, -0.05) is 25.7 Å². The summed E-state index contributed by atoms with van der Waals surface area (Å²) in [5, 5.41) is 12.3. The maximum atomic E-state index is 12.2. The minimum absolute atomic E-state index is 0.0511. The smallest absolute Gasteiger partial charge is 0.308 e. The first kappa shape index (κ1) is 16.3. The largest absolute Gasteiger partial charge is 0.481 e. The zero-order chi connectivity index (χ0) is 15.1. The van der Waals surface area contributed by atoms with Gasteiger partial charge in [-0.25, -0.2) is 0 Å². The number of carboxylic acid groups (broad SMARTS) is 1. The molecule has 1 atom stereocenters. The molecular weight excluding hydrogens is 270 g/mol. The van der Waals surface area contributed by atoms with E-state index in [0.717, 1.165) is 38.5 Å². The first-order valence-corrected chi connectivity index (χ1v) is 8.26. The number of ether oxygens (including phenoxy) is 1. The van der Waals surface area contributed by atoms with E-state index in [9.17, 15) is 14.7 Å². The Bertz CT molecular complexity index is 344. The molecule has 5 nitrogen and oxygen atoms in total. The lowest BCUT2D eigenvalue weighted by molar-refractivity contribution is -0.145. The molecule has 1 aliphatic carbocycles. The number of rotatable bonds is 5. The second kappa shape index (κ2) is 8.37. The third-order valence-corrected chi connectivity index (χ3v) is 4.87. The third kappa shape index (κ3) is 4.99. The molecule has 2 aliphatic rings. The van der Waals surface area contributed by atoms with E-state index in [-0.39, 0.29) is 24.3 Å². The van der Waals surface area contributed by atoms with Gasteiger partial charge in [-0.15, -0.1) is 0 Å². The summed E-state index contributed by atoms with van der Waals surface area (Å²) in [6.07, 6.45) is 8.09. The van der Waals surface area contributed by atoms with Crippen molar-refractivity contribution >= 4 is 11.9 Å². The summed E-state index contributed by atoms with van der Waals surface area (Å²) < 4.78 is 5.28. The van der Waals surface area contributed by atoms with Crippen LogP contribution in [0.4, 0.5) is 0 Å². The molecule has 21 heavy (non-hydrogen) atoms. The molecule has 5 heteroatoms. The fourth-order valence-electron chi connectivity index (χ4n) is 3.47. The number of carboxylic acids is 1. The van der Waals surface area contributed by atoms with Crippen molar-refractivity contribution in [1.82, 2.24) is 5.32 Å². The lowest BCUT2D eigenvalue weighted by atomic mass is 9.85. The predicted molar refractivity (Wildman–Crippen MR) is 78.9 cm³/mol. The Morgan fingerprint density at radius 3 is 2.24 bits per heavy atom. The minimum atomic E-state index is -0.803. The summed E-state index contributed by atoms with van der Waals surface area (Å²) in [5.41, 5.74) is 0. The first-order chi connectivity index (χ1) is 10.2. The summed E-state index contributed by atoms with van der Waals surface area (Å²) in [7, 11) is 0. The molecule has 0 aromatic carbocycles. The van der Waals surface area contributed by atoms with Crippen LogP contribution in [0, 0.1) is 17.8 Å². The lowest BCUT2D eigenvalue weighted by Gasteiger charge is -2.28. The molecule has 1 saturated heterocycles. The van der Waals surface area contributed by atoms with E-state index in [1.807, 2.05) is 0 Å². The molecule has 0 spiro atoms. The fourth-order valence-corrected chi connectivity index (χ4v) is 3.47. The highest BCUT2D eigenvalue weighted by molar-refractivity contribution is 5.79. The molecule has 1 amide bonds. The maximum absolute atomic E-state index is 12.2. The Morgan fingerprint density at radius 1 is 1.05 bits per heavy atom. The van der Waals surface area contributed by atoms with Gasteiger partial charge < -0.3 is 15.2 Å². The van der Waals surface area contributed by atoms with Crippen LogP contribution in [0.2, 0.25) is 0 Å². The fraction of sp³-hybridized carbons (Fsp3) is 0.875. The summed E-state index contributed by atoms with van der Waals surface area (Å²) in [6.45, 7) is 1.52. The first-order valence-electron chi connectivity index (χ1n) is 8.26. The number of hydrogen-bond acceptors (Lipinski definition) is 3. The minimum Gasteiger partial charge on any atom is -0.481 e. The van der Waals surface area contributed by atoms with Crippen molar-refractivity contribution in [3.8, 4) is 0 Å². The van der Waals surface area contributed by atoms with Gasteiger partial charge in [0.25, 0.3) is 0 Å². The Labute approximate surface area is 126 Å². The molecule has 2 rings (SSSR count). The van der Waals surface area contributed by atoms with Crippen LogP contribution >= 0.6 is 0 Å². The Kier molecular flexibility index (Phi) is 6.49. The standard InChI is InChI=1S/C16H27NO4/c18-15(13-5-3-1-2-4-6-13)17-11-14(16(19)20)12-7-9-21-10-8-12/h12-14H,1-11H2,(H,17,18)(H,19,20). The van der Waals surface area contributed by atoms with Crippen molar-refractivity contribution < 1.29 is 19.4 Å². The molecule has 0 aromatic heterocycles. The molecule has 1 heterocycles. The average molecular weight is 297 g/mol. The molecule has 120 valence electrons. The van der Waals surface area contributed by atoms with E-state index in [1.54, 1.807) is 0 Å².